The van der Waals surface area contributed by atoms with Gasteiger partial charge < -0.3 is 10.6 Å². The topological polar surface area (TPSA) is 41.1 Å². The minimum absolute atomic E-state index is 0.0843. The summed E-state index contributed by atoms with van der Waals surface area (Å²) in [6, 6.07) is 12.9. The quantitative estimate of drug-likeness (QED) is 0.339. The zero-order valence-corrected chi connectivity index (χ0v) is 20.8. The van der Waals surface area contributed by atoms with Crippen LogP contribution in [0.25, 0.3) is 11.1 Å². The van der Waals surface area contributed by atoms with E-state index in [0.717, 1.165) is 30.3 Å². The Kier molecular flexibility index (Phi) is 8.19. The number of nitrogens with one attached hydrogen (secondary N) is 2. The summed E-state index contributed by atoms with van der Waals surface area (Å²) >= 11 is 6.73. The van der Waals surface area contributed by atoms with Gasteiger partial charge in [-0.3, -0.25) is 4.79 Å². The first-order valence-corrected chi connectivity index (χ1v) is 12.3. The number of benzene rings is 3. The van der Waals surface area contributed by atoms with Gasteiger partial charge in [0.15, 0.2) is 11.6 Å². The van der Waals surface area contributed by atoms with Crippen molar-refractivity contribution in [1.29, 1.82) is 0 Å². The van der Waals surface area contributed by atoms with Crippen LogP contribution in [0.1, 0.15) is 47.4 Å². The van der Waals surface area contributed by atoms with E-state index < -0.39 is 23.4 Å². The molecular formula is C28H26ClF5N2O. The molecule has 2 atom stereocenters. The normalized spacial score (nSPS) is 18.0. The van der Waals surface area contributed by atoms with Crippen LogP contribution in [0, 0.1) is 11.6 Å². The van der Waals surface area contributed by atoms with Gasteiger partial charge in [-0.25, -0.2) is 8.78 Å². The van der Waals surface area contributed by atoms with E-state index in [1.165, 1.54) is 19.1 Å². The second kappa shape index (κ2) is 11.2. The Morgan fingerprint density at radius 2 is 1.81 bits per heavy atom. The second-order valence-electron chi connectivity index (χ2n) is 9.22. The van der Waals surface area contributed by atoms with Crippen molar-refractivity contribution in [3.63, 3.8) is 0 Å². The molecule has 1 aliphatic heterocycles. The second-order valence-corrected chi connectivity index (χ2v) is 9.63. The Bertz CT molecular complexity index is 1290. The van der Waals surface area contributed by atoms with E-state index in [4.69, 9.17) is 11.6 Å². The first-order chi connectivity index (χ1) is 17.5. The maximum absolute atomic E-state index is 13.9. The molecule has 0 aliphatic carbocycles. The van der Waals surface area contributed by atoms with Crippen LogP contribution in [0.15, 0.2) is 54.6 Å². The molecule has 3 aromatic rings. The van der Waals surface area contributed by atoms with Crippen LogP contribution in [-0.4, -0.2) is 25.5 Å². The number of hydrogen-bond donors (Lipinski definition) is 2. The highest BCUT2D eigenvalue weighted by atomic mass is 35.5. The minimum Gasteiger partial charge on any atom is -0.356 e. The lowest BCUT2D eigenvalue weighted by atomic mass is 9.77. The lowest BCUT2D eigenvalue weighted by Gasteiger charge is -2.33. The van der Waals surface area contributed by atoms with Crippen LogP contribution in [0.2, 0.25) is 5.02 Å². The monoisotopic (exact) mass is 536 g/mol. The van der Waals surface area contributed by atoms with E-state index in [1.807, 2.05) is 12.1 Å². The van der Waals surface area contributed by atoms with Crippen molar-refractivity contribution in [2.45, 2.75) is 37.8 Å². The predicted octanol–water partition coefficient (Wildman–Crippen LogP) is 6.84. The number of carbonyl (C=O) groups is 1. The Hall–Kier alpha value is -2.97. The number of alkyl halides is 3. The third kappa shape index (κ3) is 6.30. The molecule has 1 amide bonds. The van der Waals surface area contributed by atoms with Gasteiger partial charge in [0.2, 0.25) is 5.91 Å². The van der Waals surface area contributed by atoms with Crippen molar-refractivity contribution in [2.75, 3.05) is 19.6 Å². The summed E-state index contributed by atoms with van der Waals surface area (Å²) in [6.07, 6.45) is -3.57. The summed E-state index contributed by atoms with van der Waals surface area (Å²) in [5, 5.41) is 6.38. The summed E-state index contributed by atoms with van der Waals surface area (Å²) in [7, 11) is 0. The molecule has 2 N–H and O–H groups in total. The molecule has 9 heteroatoms. The summed E-state index contributed by atoms with van der Waals surface area (Å²) in [5.74, 6) is -2.25. The molecule has 1 heterocycles. The van der Waals surface area contributed by atoms with Gasteiger partial charge in [0.1, 0.15) is 0 Å². The van der Waals surface area contributed by atoms with Crippen molar-refractivity contribution in [3.8, 4) is 11.1 Å². The van der Waals surface area contributed by atoms with Gasteiger partial charge in [-0.15, -0.1) is 0 Å². The summed E-state index contributed by atoms with van der Waals surface area (Å²) in [5.41, 5.74) is 2.41. The number of rotatable bonds is 6. The summed E-state index contributed by atoms with van der Waals surface area (Å²) in [4.78, 5) is 11.3. The molecule has 37 heavy (non-hydrogen) atoms. The molecule has 0 radical (unpaired) electrons. The van der Waals surface area contributed by atoms with Crippen molar-refractivity contribution < 1.29 is 26.7 Å². The van der Waals surface area contributed by atoms with E-state index in [0.29, 0.717) is 40.2 Å². The van der Waals surface area contributed by atoms with Gasteiger partial charge in [0, 0.05) is 31.0 Å². The Morgan fingerprint density at radius 1 is 1.03 bits per heavy atom. The van der Waals surface area contributed by atoms with E-state index in [1.54, 1.807) is 12.1 Å². The first-order valence-electron chi connectivity index (χ1n) is 11.9. The summed E-state index contributed by atoms with van der Waals surface area (Å²) in [6.45, 7) is 2.85. The predicted molar refractivity (Wildman–Crippen MR) is 134 cm³/mol. The van der Waals surface area contributed by atoms with Crippen LogP contribution in [-0.2, 0) is 17.4 Å². The summed E-state index contributed by atoms with van der Waals surface area (Å²) < 4.78 is 67.5. The molecule has 3 aromatic carbocycles. The molecule has 4 rings (SSSR count). The van der Waals surface area contributed by atoms with Crippen LogP contribution in [0.5, 0.6) is 0 Å². The fourth-order valence-electron chi connectivity index (χ4n) is 4.95. The number of hydrogen-bond acceptors (Lipinski definition) is 2. The molecule has 0 spiro atoms. The third-order valence-corrected chi connectivity index (χ3v) is 7.09. The zero-order chi connectivity index (χ0) is 26.7. The van der Waals surface area contributed by atoms with Crippen LogP contribution in [0.4, 0.5) is 22.0 Å². The smallest absolute Gasteiger partial charge is 0.356 e. The standard InChI is InChI=1S/C28H26ClF5N2O/c1-16(37)36-11-8-19-12-20(28(32,33)34)4-6-21(19)17-2-5-23(25(29)13-17)24-15-35-10-9-22(24)18-3-7-26(30)27(31)14-18/h2-7,12-14,22,24,35H,8-11,15H2,1H3,(H,36,37). The minimum atomic E-state index is -4.49. The largest absolute Gasteiger partial charge is 0.416 e. The number of piperidine rings is 1. The SMILES string of the molecule is CC(=O)NCCc1cc(C(F)(F)F)ccc1-c1ccc(C2CNCCC2c2ccc(F)c(F)c2)c(Cl)c1. The Morgan fingerprint density at radius 3 is 2.49 bits per heavy atom. The molecular weight excluding hydrogens is 511 g/mol. The molecule has 1 fully saturated rings. The maximum Gasteiger partial charge on any atom is 0.416 e. The average molecular weight is 537 g/mol. The molecule has 196 valence electrons. The Labute approximate surface area is 217 Å². The third-order valence-electron chi connectivity index (χ3n) is 6.77. The van der Waals surface area contributed by atoms with Crippen molar-refractivity contribution >= 4 is 17.5 Å². The highest BCUT2D eigenvalue weighted by Gasteiger charge is 2.32. The molecule has 0 bridgehead atoms. The van der Waals surface area contributed by atoms with Gasteiger partial charge in [-0.1, -0.05) is 35.9 Å². The van der Waals surface area contributed by atoms with Crippen LogP contribution >= 0.6 is 11.6 Å². The van der Waals surface area contributed by atoms with Crippen LogP contribution in [0.3, 0.4) is 0 Å². The van der Waals surface area contributed by atoms with Gasteiger partial charge in [-0.05, 0) is 83.5 Å². The van der Waals surface area contributed by atoms with Crippen LogP contribution < -0.4 is 10.6 Å². The molecule has 0 aromatic heterocycles. The molecule has 3 nitrogen and oxygen atoms in total. The highest BCUT2D eigenvalue weighted by Crippen LogP contribution is 2.42. The molecule has 1 saturated heterocycles. The van der Waals surface area contributed by atoms with Crippen molar-refractivity contribution in [2.24, 2.45) is 0 Å². The van der Waals surface area contributed by atoms with Crippen molar-refractivity contribution in [1.82, 2.24) is 10.6 Å². The van der Waals surface area contributed by atoms with Gasteiger partial charge in [0.05, 0.1) is 5.56 Å². The van der Waals surface area contributed by atoms with E-state index in [2.05, 4.69) is 10.6 Å². The fraction of sp³-hybridized carbons (Fsp3) is 0.321. The molecule has 1 aliphatic rings. The first kappa shape index (κ1) is 27.1. The fourth-order valence-corrected chi connectivity index (χ4v) is 5.28. The van der Waals surface area contributed by atoms with Gasteiger partial charge in [0.25, 0.3) is 0 Å². The maximum atomic E-state index is 13.9. The molecule has 0 saturated carbocycles. The average Bonchev–Trinajstić information content (AvgIpc) is 2.85. The highest BCUT2D eigenvalue weighted by molar-refractivity contribution is 6.31. The van der Waals surface area contributed by atoms with Gasteiger partial charge >= 0.3 is 6.18 Å². The molecule has 2 unspecified atom stereocenters. The lowest BCUT2D eigenvalue weighted by Crippen LogP contribution is -2.34. The van der Waals surface area contributed by atoms with E-state index in [-0.39, 0.29) is 30.7 Å². The zero-order valence-electron chi connectivity index (χ0n) is 20.1. The lowest BCUT2D eigenvalue weighted by molar-refractivity contribution is -0.137. The van der Waals surface area contributed by atoms with E-state index in [9.17, 15) is 26.7 Å². The van der Waals surface area contributed by atoms with Gasteiger partial charge in [-0.2, -0.15) is 13.2 Å². The van der Waals surface area contributed by atoms with Crippen molar-refractivity contribution in [3.05, 3.63) is 93.5 Å². The number of carbonyl (C=O) groups excluding carboxylic acids is 1. The Balaban J connectivity index is 1.68. The number of halogens is 6. The van der Waals surface area contributed by atoms with E-state index >= 15 is 0 Å². The number of amides is 1.